The lowest BCUT2D eigenvalue weighted by Gasteiger charge is -2.07. The van der Waals surface area contributed by atoms with Crippen LogP contribution in [-0.4, -0.2) is 25.6 Å². The summed E-state index contributed by atoms with van der Waals surface area (Å²) < 4.78 is 1.61. The lowest BCUT2D eigenvalue weighted by molar-refractivity contribution is -0.385. The van der Waals surface area contributed by atoms with Gasteiger partial charge in [0.15, 0.2) is 0 Å². The minimum Gasteiger partial charge on any atom is -0.383 e. The fraction of sp³-hybridized carbons (Fsp3) is 0.182. The van der Waals surface area contributed by atoms with E-state index < -0.39 is 10.8 Å². The Bertz CT molecular complexity index is 666. The number of aryl methyl sites for hydroxylation is 1. The number of carbonyl (C=O) groups excluding carboxylic acids is 1. The van der Waals surface area contributed by atoms with Crippen molar-refractivity contribution in [3.63, 3.8) is 0 Å². The molecule has 0 spiro atoms. The molecule has 20 heavy (non-hydrogen) atoms. The molecule has 0 unspecified atom stereocenters. The van der Waals surface area contributed by atoms with Gasteiger partial charge in [-0.1, -0.05) is 0 Å². The number of amides is 1. The molecule has 0 aliphatic carbocycles. The van der Waals surface area contributed by atoms with E-state index in [-0.39, 0.29) is 23.6 Å². The standard InChI is InChI=1S/C11H12N6O3/c1-16-7(2-3-15-16)5-14-11(18)9-4-8(17(19)20)6-13-10(9)12/h2-4,6H,5H2,1H3,(H2,12,13)(H,14,18). The Labute approximate surface area is 113 Å². The minimum atomic E-state index is -0.635. The Kier molecular flexibility index (Phi) is 3.60. The molecule has 104 valence electrons. The molecule has 0 saturated heterocycles. The maximum absolute atomic E-state index is 12.0. The third-order valence-electron chi connectivity index (χ3n) is 2.71. The van der Waals surface area contributed by atoms with Gasteiger partial charge in [-0.15, -0.1) is 0 Å². The van der Waals surface area contributed by atoms with Gasteiger partial charge in [0.05, 0.1) is 22.7 Å². The highest BCUT2D eigenvalue weighted by Gasteiger charge is 2.16. The van der Waals surface area contributed by atoms with Crippen LogP contribution in [0.5, 0.6) is 0 Å². The van der Waals surface area contributed by atoms with Crippen LogP contribution in [0.3, 0.4) is 0 Å². The van der Waals surface area contributed by atoms with Crippen molar-refractivity contribution in [1.82, 2.24) is 20.1 Å². The Hall–Kier alpha value is -2.97. The number of nitrogens with one attached hydrogen (secondary N) is 1. The molecule has 0 radical (unpaired) electrons. The van der Waals surface area contributed by atoms with Gasteiger partial charge in [0.1, 0.15) is 12.0 Å². The molecule has 2 aromatic heterocycles. The molecule has 0 fully saturated rings. The Morgan fingerprint density at radius 1 is 1.60 bits per heavy atom. The predicted molar refractivity (Wildman–Crippen MR) is 69.7 cm³/mol. The molecule has 0 aliphatic heterocycles. The number of pyridine rings is 1. The molecular weight excluding hydrogens is 264 g/mol. The zero-order valence-electron chi connectivity index (χ0n) is 10.6. The maximum Gasteiger partial charge on any atom is 0.288 e. The van der Waals surface area contributed by atoms with Gasteiger partial charge in [-0.3, -0.25) is 19.6 Å². The van der Waals surface area contributed by atoms with Crippen LogP contribution in [0.1, 0.15) is 16.1 Å². The second kappa shape index (κ2) is 5.34. The first-order valence-electron chi connectivity index (χ1n) is 5.64. The highest BCUT2D eigenvalue weighted by atomic mass is 16.6. The molecule has 0 atom stereocenters. The summed E-state index contributed by atoms with van der Waals surface area (Å²) in [5.74, 6) is -0.585. The van der Waals surface area contributed by atoms with Gasteiger partial charge >= 0.3 is 0 Å². The highest BCUT2D eigenvalue weighted by molar-refractivity contribution is 5.98. The van der Waals surface area contributed by atoms with E-state index in [0.717, 1.165) is 18.0 Å². The number of nitrogen functional groups attached to an aromatic ring is 1. The summed E-state index contributed by atoms with van der Waals surface area (Å²) >= 11 is 0. The molecule has 0 bridgehead atoms. The molecular formula is C11H12N6O3. The molecule has 2 heterocycles. The van der Waals surface area contributed by atoms with Gasteiger partial charge in [0.25, 0.3) is 11.6 Å². The van der Waals surface area contributed by atoms with E-state index >= 15 is 0 Å². The van der Waals surface area contributed by atoms with Crippen molar-refractivity contribution in [2.45, 2.75) is 6.54 Å². The minimum absolute atomic E-state index is 0.0265. The number of nitrogens with zero attached hydrogens (tertiary/aromatic N) is 4. The first kappa shape index (κ1) is 13.5. The second-order valence-electron chi connectivity index (χ2n) is 4.01. The smallest absolute Gasteiger partial charge is 0.288 e. The Morgan fingerprint density at radius 2 is 2.35 bits per heavy atom. The first-order valence-corrected chi connectivity index (χ1v) is 5.64. The van der Waals surface area contributed by atoms with Crippen LogP contribution in [0.15, 0.2) is 24.5 Å². The van der Waals surface area contributed by atoms with Crippen molar-refractivity contribution >= 4 is 17.4 Å². The van der Waals surface area contributed by atoms with Crippen LogP contribution in [0, 0.1) is 10.1 Å². The van der Waals surface area contributed by atoms with Crippen LogP contribution < -0.4 is 11.1 Å². The zero-order chi connectivity index (χ0) is 14.7. The lowest BCUT2D eigenvalue weighted by atomic mass is 10.2. The van der Waals surface area contributed by atoms with Crippen LogP contribution >= 0.6 is 0 Å². The molecule has 3 N–H and O–H groups in total. The fourth-order valence-corrected chi connectivity index (χ4v) is 1.59. The van der Waals surface area contributed by atoms with Crippen LogP contribution in [-0.2, 0) is 13.6 Å². The molecule has 2 aromatic rings. The summed E-state index contributed by atoms with van der Waals surface area (Å²) in [5.41, 5.74) is 6.03. The molecule has 2 rings (SSSR count). The van der Waals surface area contributed by atoms with E-state index in [2.05, 4.69) is 15.4 Å². The van der Waals surface area contributed by atoms with E-state index in [1.807, 2.05) is 0 Å². The second-order valence-corrected chi connectivity index (χ2v) is 4.01. The Morgan fingerprint density at radius 3 is 2.95 bits per heavy atom. The molecule has 9 nitrogen and oxygen atoms in total. The average molecular weight is 276 g/mol. The number of nitrogens with two attached hydrogens (primary N) is 1. The number of hydrogen-bond donors (Lipinski definition) is 2. The number of aromatic nitrogens is 3. The lowest BCUT2D eigenvalue weighted by Crippen LogP contribution is -2.25. The highest BCUT2D eigenvalue weighted by Crippen LogP contribution is 2.16. The van der Waals surface area contributed by atoms with E-state index in [1.54, 1.807) is 24.0 Å². The number of hydrogen-bond acceptors (Lipinski definition) is 6. The van der Waals surface area contributed by atoms with Gasteiger partial charge < -0.3 is 11.1 Å². The predicted octanol–water partition coefficient (Wildman–Crippen LogP) is 0.236. The van der Waals surface area contributed by atoms with E-state index in [4.69, 9.17) is 5.73 Å². The van der Waals surface area contributed by atoms with Gasteiger partial charge in [0, 0.05) is 19.3 Å². The van der Waals surface area contributed by atoms with Crippen LogP contribution in [0.2, 0.25) is 0 Å². The first-order chi connectivity index (χ1) is 9.49. The number of rotatable bonds is 4. The molecule has 0 saturated carbocycles. The van der Waals surface area contributed by atoms with Crippen molar-refractivity contribution in [2.24, 2.45) is 7.05 Å². The fourth-order valence-electron chi connectivity index (χ4n) is 1.59. The van der Waals surface area contributed by atoms with Gasteiger partial charge in [-0.25, -0.2) is 4.98 Å². The summed E-state index contributed by atoms with van der Waals surface area (Å²) in [6.45, 7) is 0.234. The summed E-state index contributed by atoms with van der Waals surface area (Å²) in [6.07, 6.45) is 2.61. The van der Waals surface area contributed by atoms with E-state index in [9.17, 15) is 14.9 Å². The van der Waals surface area contributed by atoms with E-state index in [0.29, 0.717) is 0 Å². The summed E-state index contributed by atoms with van der Waals surface area (Å²) in [7, 11) is 1.74. The molecule has 1 amide bonds. The summed E-state index contributed by atoms with van der Waals surface area (Å²) in [5, 5.41) is 17.2. The van der Waals surface area contributed by atoms with Crippen molar-refractivity contribution in [2.75, 3.05) is 5.73 Å². The molecule has 0 aliphatic rings. The number of nitro groups is 1. The van der Waals surface area contributed by atoms with Crippen LogP contribution in [0.4, 0.5) is 11.5 Å². The van der Waals surface area contributed by atoms with Crippen molar-refractivity contribution in [1.29, 1.82) is 0 Å². The normalized spacial score (nSPS) is 10.2. The third kappa shape index (κ3) is 2.71. The quantitative estimate of drug-likeness (QED) is 0.607. The van der Waals surface area contributed by atoms with Crippen molar-refractivity contribution in [3.05, 3.63) is 45.9 Å². The summed E-state index contributed by atoms with van der Waals surface area (Å²) in [4.78, 5) is 25.6. The average Bonchev–Trinajstić information content (AvgIpc) is 2.81. The molecule has 0 aromatic carbocycles. The van der Waals surface area contributed by atoms with Gasteiger partial charge in [-0.05, 0) is 6.07 Å². The topological polar surface area (TPSA) is 129 Å². The monoisotopic (exact) mass is 276 g/mol. The third-order valence-corrected chi connectivity index (χ3v) is 2.71. The van der Waals surface area contributed by atoms with Gasteiger partial charge in [-0.2, -0.15) is 5.10 Å². The van der Waals surface area contributed by atoms with Gasteiger partial charge in [0.2, 0.25) is 0 Å². The number of carbonyl (C=O) groups is 1. The van der Waals surface area contributed by atoms with Crippen molar-refractivity contribution < 1.29 is 9.72 Å². The Balaban J connectivity index is 2.15. The number of anilines is 1. The SMILES string of the molecule is Cn1nccc1CNC(=O)c1cc([N+](=O)[O-])cnc1N. The maximum atomic E-state index is 12.0. The zero-order valence-corrected chi connectivity index (χ0v) is 10.6. The van der Waals surface area contributed by atoms with Crippen LogP contribution in [0.25, 0.3) is 0 Å². The molecule has 9 heteroatoms. The summed E-state index contributed by atoms with van der Waals surface area (Å²) in [6, 6.07) is 2.84. The largest absolute Gasteiger partial charge is 0.383 e. The van der Waals surface area contributed by atoms with Crippen molar-refractivity contribution in [3.8, 4) is 0 Å². The van der Waals surface area contributed by atoms with E-state index in [1.165, 1.54) is 0 Å².